The van der Waals surface area contributed by atoms with Gasteiger partial charge in [-0.05, 0) is 51.4 Å². The van der Waals surface area contributed by atoms with Crippen molar-refractivity contribution < 1.29 is 15.3 Å². The zero-order valence-corrected chi connectivity index (χ0v) is 9.11. The van der Waals surface area contributed by atoms with Crippen molar-refractivity contribution in [3.63, 3.8) is 0 Å². The molecule has 1 saturated carbocycles. The summed E-state index contributed by atoms with van der Waals surface area (Å²) in [6, 6.07) is 0. The van der Waals surface area contributed by atoms with E-state index < -0.39 is 11.7 Å². The monoisotopic (exact) mass is 202 g/mol. The molecule has 0 aromatic heterocycles. The smallest absolute Gasteiger partial charge is 0.0852 e. The number of hydrogen-bond donors (Lipinski definition) is 3. The van der Waals surface area contributed by atoms with E-state index in [0.717, 1.165) is 25.7 Å². The van der Waals surface area contributed by atoms with E-state index in [2.05, 4.69) is 0 Å². The third kappa shape index (κ3) is 2.94. The molecule has 14 heavy (non-hydrogen) atoms. The topological polar surface area (TPSA) is 60.7 Å². The molecule has 0 aliphatic heterocycles. The van der Waals surface area contributed by atoms with Crippen LogP contribution in [-0.2, 0) is 0 Å². The van der Waals surface area contributed by atoms with Crippen LogP contribution in [0.2, 0.25) is 0 Å². The highest BCUT2D eigenvalue weighted by Crippen LogP contribution is 2.33. The van der Waals surface area contributed by atoms with Crippen LogP contribution < -0.4 is 0 Å². The van der Waals surface area contributed by atoms with Gasteiger partial charge in [0, 0.05) is 6.61 Å². The number of hydrogen-bond acceptors (Lipinski definition) is 3. The standard InChI is InChI=1S/C11H22O3/c1-11(2,14)10(13)9-5-3-8(7-12)4-6-9/h8-10,12-14H,3-7H2,1-2H3. The van der Waals surface area contributed by atoms with E-state index in [4.69, 9.17) is 5.11 Å². The Hall–Kier alpha value is -0.120. The quantitative estimate of drug-likeness (QED) is 0.637. The molecule has 0 radical (unpaired) electrons. The Labute approximate surface area is 85.8 Å². The van der Waals surface area contributed by atoms with Crippen molar-refractivity contribution >= 4 is 0 Å². The summed E-state index contributed by atoms with van der Waals surface area (Å²) >= 11 is 0. The van der Waals surface area contributed by atoms with Gasteiger partial charge in [-0.15, -0.1) is 0 Å². The molecule has 1 aliphatic carbocycles. The highest BCUT2D eigenvalue weighted by atomic mass is 16.3. The number of aliphatic hydroxyl groups excluding tert-OH is 2. The van der Waals surface area contributed by atoms with E-state index >= 15 is 0 Å². The summed E-state index contributed by atoms with van der Waals surface area (Å²) in [4.78, 5) is 0. The zero-order chi connectivity index (χ0) is 10.8. The summed E-state index contributed by atoms with van der Waals surface area (Å²) in [5, 5.41) is 28.5. The molecular formula is C11H22O3. The first-order chi connectivity index (χ1) is 6.45. The highest BCUT2D eigenvalue weighted by Gasteiger charge is 2.34. The molecule has 1 rings (SSSR count). The maximum Gasteiger partial charge on any atom is 0.0852 e. The van der Waals surface area contributed by atoms with E-state index in [0.29, 0.717) is 5.92 Å². The van der Waals surface area contributed by atoms with Gasteiger partial charge in [-0.3, -0.25) is 0 Å². The molecule has 0 bridgehead atoms. The van der Waals surface area contributed by atoms with E-state index in [-0.39, 0.29) is 12.5 Å². The highest BCUT2D eigenvalue weighted by molar-refractivity contribution is 4.85. The van der Waals surface area contributed by atoms with Crippen LogP contribution in [0.1, 0.15) is 39.5 Å². The molecule has 3 N–H and O–H groups in total. The van der Waals surface area contributed by atoms with Crippen LogP contribution >= 0.6 is 0 Å². The average molecular weight is 202 g/mol. The van der Waals surface area contributed by atoms with Crippen molar-refractivity contribution in [1.82, 2.24) is 0 Å². The largest absolute Gasteiger partial charge is 0.396 e. The Kier molecular flexibility index (Phi) is 3.93. The fourth-order valence-corrected chi connectivity index (χ4v) is 2.26. The Bertz CT molecular complexity index is 166. The van der Waals surface area contributed by atoms with Crippen LogP contribution in [0.3, 0.4) is 0 Å². The van der Waals surface area contributed by atoms with Crippen LogP contribution in [0.4, 0.5) is 0 Å². The minimum absolute atomic E-state index is 0.192. The van der Waals surface area contributed by atoms with Crippen molar-refractivity contribution in [3.05, 3.63) is 0 Å². The van der Waals surface area contributed by atoms with Crippen molar-refractivity contribution in [2.75, 3.05) is 6.61 Å². The van der Waals surface area contributed by atoms with E-state index in [1.165, 1.54) is 0 Å². The molecule has 3 heteroatoms. The maximum absolute atomic E-state index is 9.86. The molecule has 0 amide bonds. The lowest BCUT2D eigenvalue weighted by Gasteiger charge is -2.36. The second-order valence-electron chi connectivity index (χ2n) is 5.06. The lowest BCUT2D eigenvalue weighted by molar-refractivity contribution is -0.0867. The SMILES string of the molecule is CC(C)(O)C(O)C1CCC(CO)CC1. The molecule has 0 aromatic rings. The summed E-state index contributed by atoms with van der Waals surface area (Å²) < 4.78 is 0. The molecule has 1 aliphatic rings. The summed E-state index contributed by atoms with van der Waals surface area (Å²) in [6.45, 7) is 3.55. The Morgan fingerprint density at radius 2 is 1.71 bits per heavy atom. The lowest BCUT2D eigenvalue weighted by Crippen LogP contribution is -2.42. The van der Waals surface area contributed by atoms with Gasteiger partial charge < -0.3 is 15.3 Å². The first-order valence-corrected chi connectivity index (χ1v) is 5.46. The average Bonchev–Trinajstić information content (AvgIpc) is 2.15. The van der Waals surface area contributed by atoms with Crippen molar-refractivity contribution in [1.29, 1.82) is 0 Å². The first-order valence-electron chi connectivity index (χ1n) is 5.46. The van der Waals surface area contributed by atoms with Crippen molar-refractivity contribution in [2.45, 2.75) is 51.2 Å². The molecular weight excluding hydrogens is 180 g/mol. The summed E-state index contributed by atoms with van der Waals surface area (Å²) in [7, 11) is 0. The minimum Gasteiger partial charge on any atom is -0.396 e. The molecule has 1 unspecified atom stereocenters. The van der Waals surface area contributed by atoms with Crippen LogP contribution in [-0.4, -0.2) is 33.6 Å². The van der Waals surface area contributed by atoms with Gasteiger partial charge in [0.15, 0.2) is 0 Å². The zero-order valence-electron chi connectivity index (χ0n) is 9.11. The van der Waals surface area contributed by atoms with Gasteiger partial charge >= 0.3 is 0 Å². The molecule has 0 saturated heterocycles. The number of rotatable bonds is 3. The van der Waals surface area contributed by atoms with Gasteiger partial charge in [0.1, 0.15) is 0 Å². The van der Waals surface area contributed by atoms with Crippen molar-refractivity contribution in [3.8, 4) is 0 Å². The Morgan fingerprint density at radius 1 is 1.21 bits per heavy atom. The fraction of sp³-hybridized carbons (Fsp3) is 1.00. The van der Waals surface area contributed by atoms with Gasteiger partial charge in [0.2, 0.25) is 0 Å². The lowest BCUT2D eigenvalue weighted by atomic mass is 9.76. The Balaban J connectivity index is 2.42. The minimum atomic E-state index is -1.00. The van der Waals surface area contributed by atoms with Crippen LogP contribution in [0, 0.1) is 11.8 Å². The normalized spacial score (nSPS) is 31.5. The van der Waals surface area contributed by atoms with Gasteiger partial charge in [0.05, 0.1) is 11.7 Å². The molecule has 84 valence electrons. The van der Waals surface area contributed by atoms with Gasteiger partial charge in [-0.2, -0.15) is 0 Å². The molecule has 3 nitrogen and oxygen atoms in total. The Morgan fingerprint density at radius 3 is 2.07 bits per heavy atom. The van der Waals surface area contributed by atoms with Gasteiger partial charge in [0.25, 0.3) is 0 Å². The van der Waals surface area contributed by atoms with Crippen LogP contribution in [0.25, 0.3) is 0 Å². The second-order valence-corrected chi connectivity index (χ2v) is 5.06. The van der Waals surface area contributed by atoms with Crippen LogP contribution in [0.5, 0.6) is 0 Å². The third-order valence-electron chi connectivity index (χ3n) is 3.32. The second kappa shape index (κ2) is 4.60. The van der Waals surface area contributed by atoms with Gasteiger partial charge in [-0.1, -0.05) is 0 Å². The molecule has 1 fully saturated rings. The van der Waals surface area contributed by atoms with Crippen molar-refractivity contribution in [2.24, 2.45) is 11.8 Å². The summed E-state index contributed by atoms with van der Waals surface area (Å²) in [5.74, 6) is 0.595. The predicted molar refractivity (Wildman–Crippen MR) is 54.8 cm³/mol. The van der Waals surface area contributed by atoms with Crippen LogP contribution in [0.15, 0.2) is 0 Å². The summed E-state index contributed by atoms with van der Waals surface area (Å²) in [5.41, 5.74) is -1.00. The van der Waals surface area contributed by atoms with E-state index in [9.17, 15) is 10.2 Å². The first kappa shape index (κ1) is 12.0. The molecule has 1 atom stereocenters. The summed E-state index contributed by atoms with van der Waals surface area (Å²) in [6.07, 6.45) is 3.12. The predicted octanol–water partition coefficient (Wildman–Crippen LogP) is 0.917. The maximum atomic E-state index is 9.86. The molecule has 0 spiro atoms. The van der Waals surface area contributed by atoms with Gasteiger partial charge in [-0.25, -0.2) is 0 Å². The van der Waals surface area contributed by atoms with E-state index in [1.54, 1.807) is 13.8 Å². The number of aliphatic hydroxyl groups is 3. The molecule has 0 heterocycles. The molecule has 0 aromatic carbocycles. The third-order valence-corrected chi connectivity index (χ3v) is 3.32. The fourth-order valence-electron chi connectivity index (χ4n) is 2.26. The van der Waals surface area contributed by atoms with E-state index in [1.807, 2.05) is 0 Å².